The second-order valence-electron chi connectivity index (χ2n) is 16.5. The Labute approximate surface area is 432 Å². The topological polar surface area (TPSA) is 275 Å². The zero-order chi connectivity index (χ0) is 51.6. The van der Waals surface area contributed by atoms with Crippen LogP contribution in [0.25, 0.3) is 11.1 Å². The minimum atomic E-state index is -1.11. The molecule has 4 heterocycles. The van der Waals surface area contributed by atoms with Gasteiger partial charge in [-0.25, -0.2) is 0 Å². The largest absolute Gasteiger partial charge is 0.481 e. The van der Waals surface area contributed by atoms with Gasteiger partial charge >= 0.3 is 11.9 Å². The number of carboxylic acids is 2. The number of rotatable bonds is 27. The van der Waals surface area contributed by atoms with Gasteiger partial charge in [0, 0.05) is 73.9 Å². The number of aliphatic carboxylic acids is 2. The Morgan fingerprint density at radius 2 is 1.03 bits per heavy atom. The van der Waals surface area contributed by atoms with Crippen LogP contribution in [0.4, 0.5) is 0 Å². The number of aliphatic hydroxyl groups is 2. The summed E-state index contributed by atoms with van der Waals surface area (Å²) in [6.07, 6.45) is 0.950. The number of halogens is 2. The number of nitriles is 2. The van der Waals surface area contributed by atoms with Gasteiger partial charge in [0.05, 0.1) is 70.5 Å². The summed E-state index contributed by atoms with van der Waals surface area (Å²) < 4.78 is 26.1. The minimum Gasteiger partial charge on any atom is -0.481 e. The van der Waals surface area contributed by atoms with E-state index >= 15 is 0 Å². The number of nitrogens with one attached hydrogen (secondary N) is 2. The van der Waals surface area contributed by atoms with Gasteiger partial charge in [-0.1, -0.05) is 36.4 Å². The minimum absolute atomic E-state index is 0.0325. The number of aliphatic hydroxyl groups excluding tert-OH is 2. The number of pyridine rings is 4. The highest BCUT2D eigenvalue weighted by molar-refractivity contribution is 9.10. The first kappa shape index (κ1) is 54.3. The van der Waals surface area contributed by atoms with Gasteiger partial charge in [0.25, 0.3) is 0 Å². The van der Waals surface area contributed by atoms with Gasteiger partial charge in [-0.2, -0.15) is 20.5 Å². The first-order chi connectivity index (χ1) is 34.7. The average molecular weight is 1110 g/mol. The maximum absolute atomic E-state index is 11.1. The van der Waals surface area contributed by atoms with Gasteiger partial charge in [0.1, 0.15) is 13.2 Å². The summed E-state index contributed by atoms with van der Waals surface area (Å²) in [5.41, 5.74) is 9.35. The van der Waals surface area contributed by atoms with Crippen LogP contribution in [-0.4, -0.2) is 90.8 Å². The van der Waals surface area contributed by atoms with Crippen LogP contribution >= 0.6 is 31.9 Å². The average Bonchev–Trinajstić information content (AvgIpc) is 3.35. The van der Waals surface area contributed by atoms with Gasteiger partial charge in [0.15, 0.2) is 0 Å². The predicted octanol–water partition coefficient (Wildman–Crippen LogP) is 7.07. The van der Waals surface area contributed by atoms with E-state index < -0.39 is 37.0 Å². The highest BCUT2D eigenvalue weighted by Crippen LogP contribution is 2.35. The molecular weight excluding hydrogens is 1060 g/mol. The van der Waals surface area contributed by atoms with Crippen molar-refractivity contribution in [1.29, 1.82) is 10.5 Å². The Bertz CT molecular complexity index is 2750. The Morgan fingerprint density at radius 1 is 0.611 bits per heavy atom. The monoisotopic (exact) mass is 1110 g/mol. The lowest BCUT2D eigenvalue weighted by atomic mass is 9.92. The second-order valence-corrected chi connectivity index (χ2v) is 18.2. The number of hydrogen-bond acceptors (Lipinski definition) is 16. The normalized spacial score (nSPS) is 11.8. The molecule has 0 aliphatic heterocycles. The highest BCUT2D eigenvalue weighted by atomic mass is 79.9. The van der Waals surface area contributed by atoms with E-state index in [1.165, 1.54) is 0 Å². The van der Waals surface area contributed by atoms with Crippen LogP contribution in [0.1, 0.15) is 68.7 Å². The fraction of sp³-hybridized carbons (Fsp3) is 0.308. The van der Waals surface area contributed by atoms with E-state index in [2.05, 4.69) is 64.6 Å². The van der Waals surface area contributed by atoms with E-state index in [0.717, 1.165) is 33.4 Å². The second kappa shape index (κ2) is 27.0. The Hall–Kier alpha value is -7.04. The predicted molar refractivity (Wildman–Crippen MR) is 270 cm³/mol. The molecule has 0 aliphatic carbocycles. The molecule has 0 spiro atoms. The van der Waals surface area contributed by atoms with Crippen molar-refractivity contribution in [3.63, 3.8) is 0 Å². The summed E-state index contributed by atoms with van der Waals surface area (Å²) >= 11 is 7.20. The fourth-order valence-corrected chi connectivity index (χ4v) is 8.38. The maximum Gasteiger partial charge on any atom is 0.306 e. The number of carbonyl (C=O) groups is 2. The van der Waals surface area contributed by atoms with Crippen LogP contribution in [0.2, 0.25) is 0 Å². The van der Waals surface area contributed by atoms with E-state index in [-0.39, 0.29) is 76.1 Å². The number of nitrogens with zero attached hydrogens (tertiary/aromatic N) is 6. The lowest BCUT2D eigenvalue weighted by molar-refractivity contribution is -0.140. The Balaban J connectivity index is 1.16. The number of ether oxygens (including phenoxy) is 4. The number of hydrogen-bond donors (Lipinski definition) is 6. The molecule has 0 saturated heterocycles. The lowest BCUT2D eigenvalue weighted by Gasteiger charge is -2.18. The third kappa shape index (κ3) is 16.0. The van der Waals surface area contributed by atoms with Gasteiger partial charge in [-0.15, -0.1) is 0 Å². The number of benzene rings is 2. The zero-order valence-electron chi connectivity index (χ0n) is 39.4. The molecule has 72 heavy (non-hydrogen) atoms. The van der Waals surface area contributed by atoms with E-state index in [9.17, 15) is 30.3 Å². The smallest absolute Gasteiger partial charge is 0.306 e. The van der Waals surface area contributed by atoms with Crippen molar-refractivity contribution in [2.24, 2.45) is 0 Å². The summed E-state index contributed by atoms with van der Waals surface area (Å²) in [6, 6.07) is 26.4. The van der Waals surface area contributed by atoms with Gasteiger partial charge in [-0.3, -0.25) is 19.6 Å². The van der Waals surface area contributed by atoms with Crippen molar-refractivity contribution in [2.45, 2.75) is 78.0 Å². The molecule has 6 N–H and O–H groups in total. The molecule has 0 radical (unpaired) electrons. The molecule has 0 fully saturated rings. The first-order valence-electron chi connectivity index (χ1n) is 22.7. The molecule has 20 heteroatoms. The number of aromatic nitrogens is 4. The van der Waals surface area contributed by atoms with Crippen LogP contribution in [-0.2, 0) is 48.7 Å². The first-order valence-corrected chi connectivity index (χ1v) is 24.3. The summed E-state index contributed by atoms with van der Waals surface area (Å²) in [4.78, 5) is 40.3. The summed E-state index contributed by atoms with van der Waals surface area (Å²) in [5, 5.41) is 63.1. The van der Waals surface area contributed by atoms with Crippen LogP contribution in [0.15, 0.2) is 94.1 Å². The van der Waals surface area contributed by atoms with E-state index in [1.54, 1.807) is 48.8 Å². The van der Waals surface area contributed by atoms with Crippen LogP contribution < -0.4 is 29.6 Å². The fourth-order valence-electron chi connectivity index (χ4n) is 7.42. The summed E-state index contributed by atoms with van der Waals surface area (Å²) in [6.45, 7) is 5.24. The molecule has 374 valence electrons. The van der Waals surface area contributed by atoms with Crippen molar-refractivity contribution in [3.8, 4) is 46.8 Å². The lowest BCUT2D eigenvalue weighted by Crippen LogP contribution is -2.28. The third-order valence-corrected chi connectivity index (χ3v) is 12.3. The molecule has 2 atom stereocenters. The quantitative estimate of drug-likeness (QED) is 0.0301. The van der Waals surface area contributed by atoms with Crippen LogP contribution in [0.3, 0.4) is 0 Å². The molecule has 0 amide bonds. The standard InChI is InChI=1S/C52H52Br2N8O10/c1-31-35(29-71-51-45(53)19-37(25-57-27-41(63)21-47(65)66)49(61-51)69-15-11-39-17-33(23-55)9-13-59-39)5-3-7-43(31)44-8-4-6-36(32(44)2)30-72-52-46(54)20-38(26-58-28-42(64)22-48(67)68)50(62-52)70-16-12-40-18-34(24-56)10-14-60-40/h3-10,13-14,17-20,41-42,57-58,63-64H,11-12,15-16,21-22,25-30H2,1-2H3,(H,65,66)(H,67,68)/t41-,42-/m0/s1. The van der Waals surface area contributed by atoms with E-state index in [0.29, 0.717) is 55.4 Å². The van der Waals surface area contributed by atoms with Crippen molar-refractivity contribution in [3.05, 3.63) is 150 Å². The molecule has 0 bridgehead atoms. The molecule has 18 nitrogen and oxygen atoms in total. The Morgan fingerprint density at radius 3 is 1.42 bits per heavy atom. The summed E-state index contributed by atoms with van der Waals surface area (Å²) in [5.74, 6) is -1.12. The SMILES string of the molecule is Cc1c(COc2nc(OCCc3cc(C#N)ccn3)c(CNC[C@@H](O)CC(=O)O)cc2Br)cccc1-c1cccc(COc2nc(OCCc3cc(C#N)ccn3)c(CNC[C@@H](O)CC(=O)O)cc2Br)c1C. The van der Waals surface area contributed by atoms with Crippen LogP contribution in [0, 0.1) is 36.5 Å². The van der Waals surface area contributed by atoms with E-state index in [1.807, 2.05) is 50.2 Å². The van der Waals surface area contributed by atoms with Crippen molar-refractivity contribution < 1.29 is 49.0 Å². The van der Waals surface area contributed by atoms with Gasteiger partial charge in [-0.05, 0) is 115 Å². The summed E-state index contributed by atoms with van der Waals surface area (Å²) in [7, 11) is 0. The molecule has 0 saturated carbocycles. The van der Waals surface area contributed by atoms with Crippen molar-refractivity contribution in [2.75, 3.05) is 26.3 Å². The van der Waals surface area contributed by atoms with Crippen molar-refractivity contribution in [1.82, 2.24) is 30.6 Å². The highest BCUT2D eigenvalue weighted by Gasteiger charge is 2.19. The maximum atomic E-state index is 11.1. The third-order valence-electron chi connectivity index (χ3n) is 11.2. The molecular formula is C52H52Br2N8O10. The van der Waals surface area contributed by atoms with Crippen molar-refractivity contribution >= 4 is 43.8 Å². The number of carboxylic acid groups (broad SMARTS) is 2. The zero-order valence-corrected chi connectivity index (χ0v) is 42.6. The Kier molecular flexibility index (Phi) is 20.3. The van der Waals surface area contributed by atoms with Gasteiger partial charge in [0.2, 0.25) is 23.5 Å². The molecule has 6 aromatic rings. The molecule has 4 aromatic heterocycles. The molecule has 0 aliphatic rings. The molecule has 0 unspecified atom stereocenters. The van der Waals surface area contributed by atoms with Gasteiger partial charge < -0.3 is 50.0 Å². The van der Waals surface area contributed by atoms with Crippen LogP contribution in [0.5, 0.6) is 23.5 Å². The van der Waals surface area contributed by atoms with E-state index in [4.69, 9.17) is 39.1 Å². The molecule has 2 aromatic carbocycles. The molecule has 6 rings (SSSR count).